The van der Waals surface area contributed by atoms with Crippen LogP contribution >= 0.6 is 0 Å². The Hall–Kier alpha value is -3.56. The van der Waals surface area contributed by atoms with Gasteiger partial charge in [-0.05, 0) is 31.2 Å². The number of hydrogen-bond acceptors (Lipinski definition) is 5. The predicted molar refractivity (Wildman–Crippen MR) is 94.9 cm³/mol. The molecule has 0 aliphatic heterocycles. The molecule has 0 unspecified atom stereocenters. The van der Waals surface area contributed by atoms with Gasteiger partial charge in [0.05, 0.1) is 5.56 Å². The van der Waals surface area contributed by atoms with E-state index in [-0.39, 0.29) is 12.1 Å². The van der Waals surface area contributed by atoms with Crippen LogP contribution in [0.25, 0.3) is 0 Å². The van der Waals surface area contributed by atoms with Crippen molar-refractivity contribution in [3.05, 3.63) is 65.7 Å². The number of esters is 1. The van der Waals surface area contributed by atoms with Crippen LogP contribution < -0.4 is 15.4 Å². The van der Waals surface area contributed by atoms with Crippen molar-refractivity contribution in [2.75, 3.05) is 6.54 Å². The number of hydrogen-bond donors (Lipinski definition) is 2. The summed E-state index contributed by atoms with van der Waals surface area (Å²) in [6.07, 6.45) is -6.31. The zero-order chi connectivity index (χ0) is 21.4. The quantitative estimate of drug-likeness (QED) is 0.713. The molecule has 29 heavy (non-hydrogen) atoms. The van der Waals surface area contributed by atoms with Gasteiger partial charge in [-0.1, -0.05) is 30.3 Å². The molecule has 2 N–H and O–H groups in total. The van der Waals surface area contributed by atoms with E-state index in [0.29, 0.717) is 5.56 Å². The van der Waals surface area contributed by atoms with Gasteiger partial charge in [0.2, 0.25) is 6.10 Å². The third-order valence-electron chi connectivity index (χ3n) is 3.46. The number of nitrogens with one attached hydrogen (secondary N) is 2. The summed E-state index contributed by atoms with van der Waals surface area (Å²) in [5.41, 5.74) is 0.200. The molecule has 0 aliphatic rings. The van der Waals surface area contributed by atoms with Crippen LogP contribution in [0.2, 0.25) is 0 Å². The second-order valence-electron chi connectivity index (χ2n) is 5.62. The number of alkyl halides is 3. The molecule has 154 valence electrons. The molecule has 1 atom stereocenters. The molecule has 2 aromatic carbocycles. The lowest BCUT2D eigenvalue weighted by molar-refractivity contribution is -0.274. The molecule has 0 bridgehead atoms. The Morgan fingerprint density at radius 3 is 2.17 bits per heavy atom. The van der Waals surface area contributed by atoms with Crippen LogP contribution in [-0.4, -0.2) is 30.8 Å². The molecule has 2 aromatic rings. The first kappa shape index (κ1) is 21.7. The number of carbonyl (C=O) groups excluding carboxylic acids is 3. The van der Waals surface area contributed by atoms with Crippen LogP contribution in [0.15, 0.2) is 54.6 Å². The molecule has 3 amide bonds. The highest BCUT2D eigenvalue weighted by Crippen LogP contribution is 2.24. The third kappa shape index (κ3) is 6.83. The summed E-state index contributed by atoms with van der Waals surface area (Å²) < 4.78 is 45.6. The second-order valence-corrected chi connectivity index (χ2v) is 5.62. The van der Waals surface area contributed by atoms with Crippen LogP contribution in [0.4, 0.5) is 18.0 Å². The molecular weight excluding hydrogens is 393 g/mol. The average molecular weight is 410 g/mol. The van der Waals surface area contributed by atoms with Gasteiger partial charge in [-0.15, -0.1) is 13.2 Å². The van der Waals surface area contributed by atoms with E-state index in [0.717, 1.165) is 24.3 Å². The molecular formula is C19H17F3N2O5. The van der Waals surface area contributed by atoms with Crippen LogP contribution in [0.5, 0.6) is 5.75 Å². The van der Waals surface area contributed by atoms with Crippen LogP contribution in [0, 0.1) is 0 Å². The van der Waals surface area contributed by atoms with Gasteiger partial charge in [-0.3, -0.25) is 10.1 Å². The lowest BCUT2D eigenvalue weighted by Gasteiger charge is -2.18. The fourth-order valence-corrected chi connectivity index (χ4v) is 2.25. The Balaban J connectivity index is 2.16. The number of urea groups is 1. The summed E-state index contributed by atoms with van der Waals surface area (Å²) in [6.45, 7) is 1.94. The number of rotatable bonds is 6. The zero-order valence-corrected chi connectivity index (χ0v) is 15.2. The first-order valence-corrected chi connectivity index (χ1v) is 8.40. The maximum Gasteiger partial charge on any atom is 0.573 e. The minimum absolute atomic E-state index is 0.105. The Morgan fingerprint density at radius 1 is 1.00 bits per heavy atom. The van der Waals surface area contributed by atoms with Crippen molar-refractivity contribution in [2.24, 2.45) is 0 Å². The Labute approximate surface area is 163 Å². The van der Waals surface area contributed by atoms with Crippen LogP contribution in [0.1, 0.15) is 28.9 Å². The normalized spacial score (nSPS) is 11.9. The Kier molecular flexibility index (Phi) is 7.18. The summed E-state index contributed by atoms with van der Waals surface area (Å²) in [6, 6.07) is 11.2. The van der Waals surface area contributed by atoms with Gasteiger partial charge in [0.25, 0.3) is 5.91 Å². The number of carbonyl (C=O) groups is 3. The van der Waals surface area contributed by atoms with E-state index in [1.807, 2.05) is 0 Å². The smallest absolute Gasteiger partial charge is 0.444 e. The molecule has 2 rings (SSSR count). The maximum atomic E-state index is 12.4. The summed E-state index contributed by atoms with van der Waals surface area (Å²) in [7, 11) is 0. The molecule has 0 aliphatic carbocycles. The molecule has 0 spiro atoms. The van der Waals surface area contributed by atoms with Gasteiger partial charge >= 0.3 is 18.4 Å². The first-order valence-electron chi connectivity index (χ1n) is 8.40. The Morgan fingerprint density at radius 2 is 1.62 bits per heavy atom. The van der Waals surface area contributed by atoms with Crippen molar-refractivity contribution < 1.29 is 37.0 Å². The number of imide groups is 1. The van der Waals surface area contributed by atoms with E-state index in [9.17, 15) is 27.6 Å². The van der Waals surface area contributed by atoms with E-state index < -0.39 is 36.1 Å². The van der Waals surface area contributed by atoms with Crippen molar-refractivity contribution in [3.8, 4) is 5.75 Å². The fraction of sp³-hybridized carbons (Fsp3) is 0.211. The van der Waals surface area contributed by atoms with Gasteiger partial charge in [0, 0.05) is 12.1 Å². The highest BCUT2D eigenvalue weighted by Gasteiger charge is 2.31. The molecule has 7 nitrogen and oxygen atoms in total. The lowest BCUT2D eigenvalue weighted by atomic mass is 10.1. The maximum absolute atomic E-state index is 12.4. The molecule has 10 heteroatoms. The van der Waals surface area contributed by atoms with E-state index in [1.165, 1.54) is 12.1 Å². The highest BCUT2D eigenvalue weighted by atomic mass is 19.4. The first-order chi connectivity index (χ1) is 13.7. The summed E-state index contributed by atoms with van der Waals surface area (Å²) in [4.78, 5) is 36.4. The van der Waals surface area contributed by atoms with Gasteiger partial charge in [0.1, 0.15) is 5.75 Å². The van der Waals surface area contributed by atoms with Gasteiger partial charge in [-0.25, -0.2) is 9.59 Å². The van der Waals surface area contributed by atoms with Crippen molar-refractivity contribution in [2.45, 2.75) is 19.4 Å². The predicted octanol–water partition coefficient (Wildman–Crippen LogP) is 3.33. The van der Waals surface area contributed by atoms with Gasteiger partial charge in [-0.2, -0.15) is 0 Å². The van der Waals surface area contributed by atoms with Crippen molar-refractivity contribution >= 4 is 17.9 Å². The average Bonchev–Trinajstić information content (AvgIpc) is 2.66. The lowest BCUT2D eigenvalue weighted by Crippen LogP contribution is -2.42. The summed E-state index contributed by atoms with van der Waals surface area (Å²) in [5.74, 6) is -2.36. The third-order valence-corrected chi connectivity index (χ3v) is 3.46. The van der Waals surface area contributed by atoms with Crippen molar-refractivity contribution in [1.82, 2.24) is 10.6 Å². The number of benzene rings is 2. The highest BCUT2D eigenvalue weighted by molar-refractivity contribution is 5.99. The molecule has 0 heterocycles. The van der Waals surface area contributed by atoms with Crippen molar-refractivity contribution in [3.63, 3.8) is 0 Å². The van der Waals surface area contributed by atoms with Gasteiger partial charge in [0.15, 0.2) is 0 Å². The summed E-state index contributed by atoms with van der Waals surface area (Å²) >= 11 is 0. The molecule has 0 radical (unpaired) electrons. The molecule has 0 aromatic heterocycles. The van der Waals surface area contributed by atoms with Gasteiger partial charge < -0.3 is 14.8 Å². The van der Waals surface area contributed by atoms with Crippen molar-refractivity contribution in [1.29, 1.82) is 0 Å². The number of halogens is 3. The molecule has 0 saturated heterocycles. The second kappa shape index (κ2) is 9.58. The Bertz CT molecular complexity index is 854. The molecule has 0 fully saturated rings. The van der Waals surface area contributed by atoms with E-state index in [4.69, 9.17) is 4.74 Å². The monoisotopic (exact) mass is 410 g/mol. The van der Waals surface area contributed by atoms with E-state index in [2.05, 4.69) is 15.4 Å². The standard InChI is InChI=1S/C19H17F3N2O5/c1-2-23-18(27)24-16(25)15(12-6-4-3-5-7-12)28-17(26)13-8-10-14(11-9-13)29-19(20,21)22/h3-11,15H,2H2,1H3,(H2,23,24,25,27)/t15-/m0/s1. The topological polar surface area (TPSA) is 93.7 Å². The fourth-order valence-electron chi connectivity index (χ4n) is 2.25. The minimum atomic E-state index is -4.86. The number of ether oxygens (including phenoxy) is 2. The number of amides is 3. The largest absolute Gasteiger partial charge is 0.573 e. The van der Waals surface area contributed by atoms with Crippen LogP contribution in [0.3, 0.4) is 0 Å². The van der Waals surface area contributed by atoms with E-state index in [1.54, 1.807) is 25.1 Å². The molecule has 0 saturated carbocycles. The summed E-state index contributed by atoms with van der Waals surface area (Å²) in [5, 5.41) is 4.44. The van der Waals surface area contributed by atoms with E-state index >= 15 is 0 Å². The van der Waals surface area contributed by atoms with Crippen LogP contribution in [-0.2, 0) is 9.53 Å². The SMILES string of the molecule is CCNC(=O)NC(=O)[C@@H](OC(=O)c1ccc(OC(F)(F)F)cc1)c1ccccc1. The minimum Gasteiger partial charge on any atom is -0.444 e. The zero-order valence-electron chi connectivity index (χ0n) is 15.2.